The number of rotatable bonds is 3. The lowest BCUT2D eigenvalue weighted by molar-refractivity contribution is -0.396. The van der Waals surface area contributed by atoms with Crippen molar-refractivity contribution >= 4 is 17.2 Å². The van der Waals surface area contributed by atoms with Crippen LogP contribution in [0.5, 0.6) is 0 Å². The summed E-state index contributed by atoms with van der Waals surface area (Å²) in [7, 11) is 0. The summed E-state index contributed by atoms with van der Waals surface area (Å²) in [6, 6.07) is 1.95. The lowest BCUT2D eigenvalue weighted by Gasteiger charge is -2.37. The van der Waals surface area contributed by atoms with Crippen molar-refractivity contribution in [3.05, 3.63) is 65.3 Å². The Balaban J connectivity index is 2.46. The number of carbonyl (C=O) groups excluding carboxylic acids is 1. The van der Waals surface area contributed by atoms with Crippen molar-refractivity contribution in [1.82, 2.24) is 0 Å². The van der Waals surface area contributed by atoms with E-state index in [1.54, 1.807) is 0 Å². The highest BCUT2D eigenvalue weighted by Crippen LogP contribution is 2.51. The standard InChI is InChI=1S/C21H22N4O6/c1-9-15(10(2)19(25(29)30)11(3)18(9)24(27)28)16-12(8-22)20(23)31-14-7-21(4,5)6-13(26)17(14)16/h16H,6-7,23H2,1-5H3. The average Bonchev–Trinajstić information content (AvgIpc) is 2.59. The number of benzene rings is 1. The smallest absolute Gasteiger partial charge is 0.282 e. The van der Waals surface area contributed by atoms with Crippen molar-refractivity contribution in [3.8, 4) is 6.07 Å². The summed E-state index contributed by atoms with van der Waals surface area (Å²) in [4.78, 5) is 35.4. The Morgan fingerprint density at radius 1 is 1.06 bits per heavy atom. The third-order valence-electron chi connectivity index (χ3n) is 5.96. The summed E-state index contributed by atoms with van der Waals surface area (Å²) >= 11 is 0. The Bertz CT molecular complexity index is 1130. The summed E-state index contributed by atoms with van der Waals surface area (Å²) in [5, 5.41) is 33.4. The minimum absolute atomic E-state index is 0.0819. The van der Waals surface area contributed by atoms with Crippen molar-refractivity contribution < 1.29 is 19.4 Å². The molecule has 0 saturated heterocycles. The van der Waals surface area contributed by atoms with E-state index >= 15 is 0 Å². The quantitative estimate of drug-likeness (QED) is 0.562. The molecule has 0 fully saturated rings. The van der Waals surface area contributed by atoms with Gasteiger partial charge in [0.15, 0.2) is 5.78 Å². The molecule has 10 heteroatoms. The number of ether oxygens (including phenoxy) is 1. The van der Waals surface area contributed by atoms with E-state index in [9.17, 15) is 30.3 Å². The highest BCUT2D eigenvalue weighted by atomic mass is 16.6. The molecule has 2 aliphatic rings. The van der Waals surface area contributed by atoms with Gasteiger partial charge < -0.3 is 10.5 Å². The third kappa shape index (κ3) is 3.32. The zero-order chi connectivity index (χ0) is 23.4. The van der Waals surface area contributed by atoms with Gasteiger partial charge in [0.25, 0.3) is 11.4 Å². The highest BCUT2D eigenvalue weighted by Gasteiger charge is 2.46. The van der Waals surface area contributed by atoms with Crippen LogP contribution in [0.2, 0.25) is 0 Å². The number of allylic oxidation sites excluding steroid dienone is 3. The molecule has 1 atom stereocenters. The van der Waals surface area contributed by atoms with E-state index in [0.29, 0.717) is 12.2 Å². The lowest BCUT2D eigenvalue weighted by atomic mass is 9.69. The first kappa shape index (κ1) is 22.0. The monoisotopic (exact) mass is 426 g/mol. The maximum absolute atomic E-state index is 13.1. The van der Waals surface area contributed by atoms with E-state index in [1.165, 1.54) is 20.8 Å². The van der Waals surface area contributed by atoms with Crippen LogP contribution in [-0.2, 0) is 9.53 Å². The molecule has 0 aromatic heterocycles. The van der Waals surface area contributed by atoms with Crippen LogP contribution in [0, 0.1) is 57.7 Å². The van der Waals surface area contributed by atoms with Gasteiger partial charge in [0.2, 0.25) is 5.88 Å². The molecular formula is C21H22N4O6. The highest BCUT2D eigenvalue weighted by molar-refractivity contribution is 6.00. The van der Waals surface area contributed by atoms with Crippen LogP contribution < -0.4 is 5.73 Å². The first-order valence-corrected chi connectivity index (χ1v) is 9.58. The van der Waals surface area contributed by atoms with Crippen molar-refractivity contribution in [3.63, 3.8) is 0 Å². The Kier molecular flexibility index (Phi) is 5.10. The van der Waals surface area contributed by atoms with Crippen molar-refractivity contribution in [2.24, 2.45) is 11.1 Å². The molecular weight excluding hydrogens is 404 g/mol. The molecule has 1 unspecified atom stereocenters. The fourth-order valence-electron chi connectivity index (χ4n) is 4.77. The Hall–Kier alpha value is -3.74. The maximum Gasteiger partial charge on any atom is 0.282 e. The first-order chi connectivity index (χ1) is 14.3. The minimum Gasteiger partial charge on any atom is -0.444 e. The van der Waals surface area contributed by atoms with Crippen LogP contribution in [0.3, 0.4) is 0 Å². The summed E-state index contributed by atoms with van der Waals surface area (Å²) in [6.45, 7) is 8.04. The minimum atomic E-state index is -1.07. The van der Waals surface area contributed by atoms with Crippen molar-refractivity contribution in [2.45, 2.75) is 53.4 Å². The van der Waals surface area contributed by atoms with Crippen LogP contribution in [0.4, 0.5) is 11.4 Å². The number of nitro groups is 2. The Labute approximate surface area is 178 Å². The molecule has 2 N–H and O–H groups in total. The van der Waals surface area contributed by atoms with Gasteiger partial charge in [-0.25, -0.2) is 0 Å². The molecule has 1 aromatic carbocycles. The largest absolute Gasteiger partial charge is 0.444 e. The van der Waals surface area contributed by atoms with Gasteiger partial charge in [0, 0.05) is 29.5 Å². The second kappa shape index (κ2) is 7.19. The van der Waals surface area contributed by atoms with Gasteiger partial charge in [0.05, 0.1) is 15.8 Å². The second-order valence-corrected chi connectivity index (χ2v) is 8.70. The number of ketones is 1. The molecule has 1 aromatic rings. The summed E-state index contributed by atoms with van der Waals surface area (Å²) in [5.41, 5.74) is 5.26. The molecule has 1 aliphatic heterocycles. The predicted molar refractivity (Wildman–Crippen MR) is 110 cm³/mol. The van der Waals surface area contributed by atoms with Crippen LogP contribution in [0.15, 0.2) is 22.8 Å². The summed E-state index contributed by atoms with van der Waals surface area (Å²) < 4.78 is 5.64. The summed E-state index contributed by atoms with van der Waals surface area (Å²) in [6.07, 6.45) is 0.552. The van der Waals surface area contributed by atoms with Crippen LogP contribution in [0.25, 0.3) is 0 Å². The van der Waals surface area contributed by atoms with Crippen LogP contribution in [-0.4, -0.2) is 15.6 Å². The number of hydrogen-bond donors (Lipinski definition) is 1. The van der Waals surface area contributed by atoms with Crippen LogP contribution in [0.1, 0.15) is 54.9 Å². The molecule has 0 radical (unpaired) electrons. The Morgan fingerprint density at radius 2 is 1.58 bits per heavy atom. The zero-order valence-electron chi connectivity index (χ0n) is 17.9. The second-order valence-electron chi connectivity index (χ2n) is 8.70. The molecule has 1 heterocycles. The van der Waals surface area contributed by atoms with Crippen molar-refractivity contribution in [1.29, 1.82) is 5.26 Å². The van der Waals surface area contributed by atoms with Gasteiger partial charge in [-0.2, -0.15) is 5.26 Å². The van der Waals surface area contributed by atoms with Gasteiger partial charge in [-0.15, -0.1) is 0 Å². The van der Waals surface area contributed by atoms with E-state index in [4.69, 9.17) is 10.5 Å². The third-order valence-corrected chi connectivity index (χ3v) is 5.96. The number of Topliss-reactive ketones (excluding diaryl/α,β-unsaturated/α-hetero) is 1. The topological polar surface area (TPSA) is 162 Å². The fourth-order valence-corrected chi connectivity index (χ4v) is 4.77. The average molecular weight is 426 g/mol. The van der Waals surface area contributed by atoms with E-state index in [-0.39, 0.29) is 51.5 Å². The Morgan fingerprint density at radius 3 is 2.03 bits per heavy atom. The van der Waals surface area contributed by atoms with Gasteiger partial charge in [-0.05, 0) is 31.7 Å². The molecule has 162 valence electrons. The molecule has 31 heavy (non-hydrogen) atoms. The van der Waals surface area contributed by atoms with E-state index in [0.717, 1.165) is 0 Å². The molecule has 0 saturated carbocycles. The molecule has 0 spiro atoms. The number of carbonyl (C=O) groups is 1. The number of nitrogens with zero attached hydrogens (tertiary/aromatic N) is 3. The van der Waals surface area contributed by atoms with E-state index in [1.807, 2.05) is 19.9 Å². The maximum atomic E-state index is 13.1. The number of nitriles is 1. The molecule has 0 amide bonds. The number of hydrogen-bond acceptors (Lipinski definition) is 8. The zero-order valence-corrected chi connectivity index (χ0v) is 17.9. The van der Waals surface area contributed by atoms with Gasteiger partial charge in [-0.3, -0.25) is 25.0 Å². The SMILES string of the molecule is Cc1c(C2C(C#N)=C(N)OC3=C2C(=O)CC(C)(C)C3)c(C)c([N+](=O)[O-])c(C)c1[N+](=O)[O-]. The molecule has 10 nitrogen and oxygen atoms in total. The molecule has 1 aliphatic carbocycles. The number of nitro benzene ring substituents is 2. The van der Waals surface area contributed by atoms with Crippen molar-refractivity contribution in [2.75, 3.05) is 0 Å². The summed E-state index contributed by atoms with van der Waals surface area (Å²) in [5.74, 6) is -1.26. The van der Waals surface area contributed by atoms with Gasteiger partial charge in [0.1, 0.15) is 23.0 Å². The predicted octanol–water partition coefficient (Wildman–Crippen LogP) is 3.88. The van der Waals surface area contributed by atoms with Gasteiger partial charge >= 0.3 is 0 Å². The normalized spacial score (nSPS) is 20.1. The molecule has 3 rings (SSSR count). The lowest BCUT2D eigenvalue weighted by Crippen LogP contribution is -2.34. The van der Waals surface area contributed by atoms with E-state index in [2.05, 4.69) is 0 Å². The van der Waals surface area contributed by atoms with Crippen LogP contribution >= 0.6 is 0 Å². The molecule has 0 bridgehead atoms. The number of nitrogens with two attached hydrogens (primary N) is 1. The first-order valence-electron chi connectivity index (χ1n) is 9.58. The van der Waals surface area contributed by atoms with E-state index < -0.39 is 32.6 Å². The fraction of sp³-hybridized carbons (Fsp3) is 0.429. The van der Waals surface area contributed by atoms with Gasteiger partial charge in [-0.1, -0.05) is 13.8 Å².